The van der Waals surface area contributed by atoms with Crippen LogP contribution < -0.4 is 26.4 Å². The minimum absolute atomic E-state index is 0.0421. The lowest BCUT2D eigenvalue weighted by molar-refractivity contribution is 0.0980. The third-order valence-corrected chi connectivity index (χ3v) is 5.34. The molecule has 0 aliphatic heterocycles. The highest BCUT2D eigenvalue weighted by Crippen LogP contribution is 2.20. The average Bonchev–Trinajstić information content (AvgIpc) is 3.05. The molecule has 1 amide bonds. The van der Waals surface area contributed by atoms with Gasteiger partial charge in [0.15, 0.2) is 0 Å². The van der Waals surface area contributed by atoms with E-state index in [9.17, 15) is 22.8 Å². The number of carbonyl (C=O) groups is 1. The van der Waals surface area contributed by atoms with Crippen molar-refractivity contribution in [2.24, 2.45) is 0 Å². The van der Waals surface area contributed by atoms with Crippen molar-refractivity contribution in [3.63, 3.8) is 0 Å². The molecule has 158 valence electrons. The number of nitrogens with one attached hydrogen (secondary N) is 4. The highest BCUT2D eigenvalue weighted by molar-refractivity contribution is 7.91. The SMILES string of the molecule is Nc1[nH]c2c(-c3ccccc3)[nH]c(=O)n2c(=O)c1C(=O)NS(=O)(=O)Nc1ccccc1. The molecule has 0 aliphatic carbocycles. The van der Waals surface area contributed by atoms with Crippen LogP contribution >= 0.6 is 0 Å². The summed E-state index contributed by atoms with van der Waals surface area (Å²) in [6.45, 7) is 0. The number of nitrogen functional groups attached to an aromatic ring is 1. The predicted molar refractivity (Wildman–Crippen MR) is 115 cm³/mol. The number of para-hydroxylation sites is 1. The minimum Gasteiger partial charge on any atom is -0.384 e. The van der Waals surface area contributed by atoms with Crippen molar-refractivity contribution in [2.75, 3.05) is 10.5 Å². The third kappa shape index (κ3) is 3.79. The third-order valence-electron chi connectivity index (χ3n) is 4.38. The second-order valence-electron chi connectivity index (χ2n) is 6.48. The van der Waals surface area contributed by atoms with Gasteiger partial charge in [0.2, 0.25) is 0 Å². The van der Waals surface area contributed by atoms with Gasteiger partial charge in [0.1, 0.15) is 17.0 Å². The Balaban J connectivity index is 1.75. The van der Waals surface area contributed by atoms with E-state index < -0.39 is 38.7 Å². The fourth-order valence-corrected chi connectivity index (χ4v) is 3.90. The zero-order chi connectivity index (χ0) is 22.2. The summed E-state index contributed by atoms with van der Waals surface area (Å²) in [7, 11) is -4.37. The number of amides is 1. The summed E-state index contributed by atoms with van der Waals surface area (Å²) in [5.41, 5.74) is 4.40. The molecule has 0 fully saturated rings. The normalized spacial score (nSPS) is 11.4. The molecule has 0 saturated carbocycles. The molecule has 0 unspecified atom stereocenters. The van der Waals surface area contributed by atoms with Crippen LogP contribution in [0, 0.1) is 0 Å². The second kappa shape index (κ2) is 7.50. The van der Waals surface area contributed by atoms with Crippen LogP contribution in [0.2, 0.25) is 0 Å². The summed E-state index contributed by atoms with van der Waals surface area (Å²) in [6.07, 6.45) is 0. The van der Waals surface area contributed by atoms with E-state index in [4.69, 9.17) is 5.73 Å². The quantitative estimate of drug-likeness (QED) is 0.305. The van der Waals surface area contributed by atoms with E-state index >= 15 is 0 Å². The molecular weight excluding hydrogens is 424 g/mol. The van der Waals surface area contributed by atoms with Gasteiger partial charge in [-0.05, 0) is 12.1 Å². The van der Waals surface area contributed by atoms with Gasteiger partial charge in [0.05, 0.1) is 11.4 Å². The molecule has 0 bridgehead atoms. The van der Waals surface area contributed by atoms with Crippen LogP contribution in [0.4, 0.5) is 11.5 Å². The van der Waals surface area contributed by atoms with Crippen LogP contribution in [-0.4, -0.2) is 28.7 Å². The van der Waals surface area contributed by atoms with Crippen molar-refractivity contribution in [3.8, 4) is 11.3 Å². The maximum atomic E-state index is 12.9. The van der Waals surface area contributed by atoms with E-state index in [2.05, 4.69) is 14.7 Å². The van der Waals surface area contributed by atoms with Gasteiger partial charge in [-0.2, -0.15) is 8.42 Å². The van der Waals surface area contributed by atoms with Gasteiger partial charge in [0.25, 0.3) is 11.5 Å². The molecule has 11 nitrogen and oxygen atoms in total. The van der Waals surface area contributed by atoms with Gasteiger partial charge in [-0.3, -0.25) is 14.3 Å². The van der Waals surface area contributed by atoms with Gasteiger partial charge in [-0.1, -0.05) is 48.5 Å². The Bertz CT molecular complexity index is 1500. The van der Waals surface area contributed by atoms with Crippen molar-refractivity contribution in [2.45, 2.75) is 0 Å². The summed E-state index contributed by atoms with van der Waals surface area (Å²) in [5.74, 6) is -1.69. The van der Waals surface area contributed by atoms with Crippen molar-refractivity contribution in [1.29, 1.82) is 0 Å². The molecule has 0 radical (unpaired) electrons. The number of rotatable bonds is 5. The van der Waals surface area contributed by atoms with Gasteiger partial charge in [0, 0.05) is 5.56 Å². The molecule has 6 N–H and O–H groups in total. The molecule has 0 saturated heterocycles. The second-order valence-corrected chi connectivity index (χ2v) is 7.89. The van der Waals surface area contributed by atoms with Gasteiger partial charge in [-0.25, -0.2) is 13.9 Å². The number of imidazole rings is 1. The molecular formula is C19H16N6O5S. The number of aromatic nitrogens is 3. The Hall–Kier alpha value is -4.32. The Morgan fingerprint density at radius 1 is 0.935 bits per heavy atom. The highest BCUT2D eigenvalue weighted by Gasteiger charge is 2.25. The van der Waals surface area contributed by atoms with Gasteiger partial charge < -0.3 is 15.7 Å². The molecule has 2 heterocycles. The van der Waals surface area contributed by atoms with Crippen molar-refractivity contribution < 1.29 is 13.2 Å². The highest BCUT2D eigenvalue weighted by atomic mass is 32.2. The number of benzene rings is 2. The van der Waals surface area contributed by atoms with Crippen molar-refractivity contribution in [3.05, 3.63) is 87.1 Å². The molecule has 2 aromatic carbocycles. The van der Waals surface area contributed by atoms with Crippen LogP contribution in [0.5, 0.6) is 0 Å². The fraction of sp³-hybridized carbons (Fsp3) is 0. The zero-order valence-corrected chi connectivity index (χ0v) is 16.6. The van der Waals surface area contributed by atoms with Gasteiger partial charge >= 0.3 is 15.9 Å². The smallest absolute Gasteiger partial charge is 0.334 e. The number of nitrogens with two attached hydrogens (primary N) is 1. The number of aromatic amines is 2. The van der Waals surface area contributed by atoms with Crippen molar-refractivity contribution in [1.82, 2.24) is 19.1 Å². The number of H-pyrrole nitrogens is 2. The number of anilines is 2. The summed E-state index contributed by atoms with van der Waals surface area (Å²) in [4.78, 5) is 43.0. The predicted octanol–water partition coefficient (Wildman–Crippen LogP) is 0.652. The Kier molecular flexibility index (Phi) is 4.83. The Morgan fingerprint density at radius 3 is 2.19 bits per heavy atom. The molecule has 12 heteroatoms. The van der Waals surface area contributed by atoms with E-state index in [1.165, 1.54) is 12.1 Å². The average molecular weight is 440 g/mol. The molecule has 0 aliphatic rings. The van der Waals surface area contributed by atoms with E-state index in [0.29, 0.717) is 15.7 Å². The lowest BCUT2D eigenvalue weighted by Gasteiger charge is -2.10. The number of hydrogen-bond donors (Lipinski definition) is 5. The molecule has 31 heavy (non-hydrogen) atoms. The lowest BCUT2D eigenvalue weighted by Crippen LogP contribution is -2.40. The molecule has 4 aromatic rings. The summed E-state index contributed by atoms with van der Waals surface area (Å²) in [5, 5.41) is 0. The molecule has 2 aromatic heterocycles. The Labute approximate surface area is 174 Å². The number of nitrogens with zero attached hydrogens (tertiary/aromatic N) is 1. The van der Waals surface area contributed by atoms with E-state index in [1.54, 1.807) is 53.3 Å². The molecule has 0 spiro atoms. The fourth-order valence-electron chi connectivity index (χ4n) is 3.06. The molecule has 4 rings (SSSR count). The maximum Gasteiger partial charge on any atom is 0.334 e. The first-order chi connectivity index (χ1) is 14.8. The first-order valence-corrected chi connectivity index (χ1v) is 10.4. The zero-order valence-electron chi connectivity index (χ0n) is 15.7. The number of hydrogen-bond acceptors (Lipinski definition) is 6. The summed E-state index contributed by atoms with van der Waals surface area (Å²) >= 11 is 0. The maximum absolute atomic E-state index is 12.9. The number of carbonyl (C=O) groups excluding carboxylic acids is 1. The van der Waals surface area contributed by atoms with E-state index in [0.717, 1.165) is 0 Å². The number of fused-ring (bicyclic) bond motifs is 1. The lowest BCUT2D eigenvalue weighted by atomic mass is 10.1. The largest absolute Gasteiger partial charge is 0.384 e. The van der Waals surface area contributed by atoms with Crippen LogP contribution in [0.1, 0.15) is 10.4 Å². The van der Waals surface area contributed by atoms with Crippen LogP contribution in [0.15, 0.2) is 70.3 Å². The minimum atomic E-state index is -4.37. The summed E-state index contributed by atoms with van der Waals surface area (Å²) in [6, 6.07) is 16.5. The van der Waals surface area contributed by atoms with E-state index in [1.807, 2.05) is 0 Å². The van der Waals surface area contributed by atoms with Crippen LogP contribution in [0.3, 0.4) is 0 Å². The Morgan fingerprint density at radius 2 is 1.55 bits per heavy atom. The standard InChI is InChI=1S/C19H16N6O5S/c20-15-13(17(26)24-31(29,30)23-12-9-5-2-6-10-12)18(27)25-16(22-15)14(21-19(25)28)11-7-3-1-4-8-11/h1-10,22-23H,20H2,(H,21,28)(H,24,26). The monoisotopic (exact) mass is 440 g/mol. The first-order valence-electron chi connectivity index (χ1n) is 8.88. The first kappa shape index (κ1) is 20.0. The van der Waals surface area contributed by atoms with E-state index in [-0.39, 0.29) is 11.3 Å². The van der Waals surface area contributed by atoms with Crippen LogP contribution in [-0.2, 0) is 10.2 Å². The summed E-state index contributed by atoms with van der Waals surface area (Å²) < 4.78 is 29.1. The molecule has 0 atom stereocenters. The van der Waals surface area contributed by atoms with Crippen molar-refractivity contribution >= 4 is 33.3 Å². The van der Waals surface area contributed by atoms with Gasteiger partial charge in [-0.15, -0.1) is 0 Å². The van der Waals surface area contributed by atoms with Crippen LogP contribution in [0.25, 0.3) is 16.9 Å². The topological polar surface area (TPSA) is 171 Å².